The smallest absolute Gasteiger partial charge is 0.315 e. The molecule has 0 atom stereocenters. The van der Waals surface area contributed by atoms with Crippen LogP contribution in [0.4, 0.5) is 4.79 Å². The molecule has 0 aliphatic heterocycles. The first kappa shape index (κ1) is 20.2. The van der Waals surface area contributed by atoms with Crippen molar-refractivity contribution in [1.29, 1.82) is 0 Å². The summed E-state index contributed by atoms with van der Waals surface area (Å²) >= 11 is 0. The predicted molar refractivity (Wildman–Crippen MR) is 101 cm³/mol. The summed E-state index contributed by atoms with van der Waals surface area (Å²) in [5, 5.41) is 5.79. The minimum absolute atomic E-state index is 0.185. The number of amides is 2. The number of sulfonamides is 1. The van der Waals surface area contributed by atoms with E-state index in [1.807, 2.05) is 0 Å². The van der Waals surface area contributed by atoms with E-state index in [1.54, 1.807) is 0 Å². The largest absolute Gasteiger partial charge is 0.337 e. The highest BCUT2D eigenvalue weighted by atomic mass is 32.2. The molecule has 1 saturated carbocycles. The van der Waals surface area contributed by atoms with Gasteiger partial charge in [-0.2, -0.15) is 0 Å². The van der Waals surface area contributed by atoms with Crippen molar-refractivity contribution in [2.24, 2.45) is 0 Å². The van der Waals surface area contributed by atoms with E-state index in [-0.39, 0.29) is 12.1 Å². The Hall–Kier alpha value is -1.08. The van der Waals surface area contributed by atoms with Crippen LogP contribution in [0.15, 0.2) is 11.6 Å². The summed E-state index contributed by atoms with van der Waals surface area (Å²) < 4.78 is 25.4. The van der Waals surface area contributed by atoms with Crippen LogP contribution >= 0.6 is 0 Å². The van der Waals surface area contributed by atoms with Crippen LogP contribution in [0.3, 0.4) is 0 Å². The molecule has 2 aliphatic carbocycles. The number of hydrogen-bond donors (Lipinski definition) is 2. The molecule has 144 valence electrons. The third kappa shape index (κ3) is 7.77. The van der Waals surface area contributed by atoms with E-state index in [0.717, 1.165) is 32.1 Å². The first-order valence-electron chi connectivity index (χ1n) is 9.62. The van der Waals surface area contributed by atoms with Gasteiger partial charge in [0, 0.05) is 25.7 Å². The molecule has 0 heterocycles. The highest BCUT2D eigenvalue weighted by Gasteiger charge is 2.18. The fourth-order valence-corrected chi connectivity index (χ4v) is 4.47. The second-order valence-corrected chi connectivity index (χ2v) is 9.24. The number of nitrogens with one attached hydrogen (secondary N) is 2. The molecule has 0 aromatic heterocycles. The van der Waals surface area contributed by atoms with Crippen molar-refractivity contribution in [2.45, 2.75) is 70.3 Å². The van der Waals surface area contributed by atoms with Crippen LogP contribution in [0.1, 0.15) is 64.2 Å². The molecule has 1 fully saturated rings. The van der Waals surface area contributed by atoms with E-state index in [9.17, 15) is 13.2 Å². The van der Waals surface area contributed by atoms with E-state index in [1.165, 1.54) is 48.2 Å². The van der Waals surface area contributed by atoms with E-state index in [4.69, 9.17) is 0 Å². The molecular formula is C18H33N3O3S. The Morgan fingerprint density at radius 1 is 1.16 bits per heavy atom. The molecule has 2 amide bonds. The minimum Gasteiger partial charge on any atom is -0.337 e. The fourth-order valence-electron chi connectivity index (χ4n) is 3.62. The summed E-state index contributed by atoms with van der Waals surface area (Å²) in [7, 11) is -3.26. The van der Waals surface area contributed by atoms with E-state index < -0.39 is 10.0 Å². The number of carbonyl (C=O) groups is 1. The van der Waals surface area contributed by atoms with Gasteiger partial charge in [0.25, 0.3) is 0 Å². The van der Waals surface area contributed by atoms with Gasteiger partial charge < -0.3 is 10.6 Å². The Balaban J connectivity index is 1.71. The van der Waals surface area contributed by atoms with Crippen LogP contribution in [0.25, 0.3) is 0 Å². The summed E-state index contributed by atoms with van der Waals surface area (Å²) in [6.07, 6.45) is 14.6. The Labute approximate surface area is 152 Å². The fraction of sp³-hybridized carbons (Fsp3) is 0.833. The molecule has 7 heteroatoms. The highest BCUT2D eigenvalue weighted by molar-refractivity contribution is 7.88. The van der Waals surface area contributed by atoms with Crippen molar-refractivity contribution >= 4 is 16.1 Å². The molecule has 0 unspecified atom stereocenters. The van der Waals surface area contributed by atoms with Gasteiger partial charge in [-0.1, -0.05) is 30.9 Å². The maximum atomic E-state index is 12.0. The number of allylic oxidation sites excluding steroid dienone is 1. The lowest BCUT2D eigenvalue weighted by Crippen LogP contribution is -2.46. The van der Waals surface area contributed by atoms with Gasteiger partial charge in [0.1, 0.15) is 0 Å². The molecule has 0 radical (unpaired) electrons. The first-order chi connectivity index (χ1) is 11.9. The van der Waals surface area contributed by atoms with Gasteiger partial charge in [0.15, 0.2) is 0 Å². The molecule has 0 spiro atoms. The number of urea groups is 1. The SMILES string of the molecule is CS(=O)(=O)N(CCNC(=O)NC1CCCCC1)CCC1=CCCCC1. The third-order valence-electron chi connectivity index (χ3n) is 5.12. The molecule has 2 aliphatic rings. The van der Waals surface area contributed by atoms with E-state index in [2.05, 4.69) is 16.7 Å². The van der Waals surface area contributed by atoms with Gasteiger partial charge in [-0.3, -0.25) is 0 Å². The Bertz CT molecular complexity index is 554. The summed E-state index contributed by atoms with van der Waals surface area (Å²) in [4.78, 5) is 11.9. The van der Waals surface area contributed by atoms with Gasteiger partial charge in [-0.05, 0) is 44.9 Å². The molecule has 25 heavy (non-hydrogen) atoms. The van der Waals surface area contributed by atoms with Crippen LogP contribution in [0.5, 0.6) is 0 Å². The van der Waals surface area contributed by atoms with Crippen molar-refractivity contribution < 1.29 is 13.2 Å². The molecule has 2 rings (SSSR count). The van der Waals surface area contributed by atoms with Crippen LogP contribution in [0.2, 0.25) is 0 Å². The van der Waals surface area contributed by atoms with Gasteiger partial charge in [0.05, 0.1) is 6.26 Å². The number of hydrogen-bond acceptors (Lipinski definition) is 3. The predicted octanol–water partition coefficient (Wildman–Crippen LogP) is 2.77. The van der Waals surface area contributed by atoms with E-state index in [0.29, 0.717) is 19.6 Å². The lowest BCUT2D eigenvalue weighted by Gasteiger charge is -2.24. The second kappa shape index (κ2) is 10.2. The summed E-state index contributed by atoms with van der Waals surface area (Å²) in [5.41, 5.74) is 1.36. The molecule has 2 N–H and O–H groups in total. The Morgan fingerprint density at radius 3 is 2.56 bits per heavy atom. The van der Waals surface area contributed by atoms with Crippen molar-refractivity contribution in [2.75, 3.05) is 25.9 Å². The number of rotatable bonds is 8. The van der Waals surface area contributed by atoms with E-state index >= 15 is 0 Å². The normalized spacial score (nSPS) is 19.5. The summed E-state index contributed by atoms with van der Waals surface area (Å²) in [6.45, 7) is 1.16. The summed E-state index contributed by atoms with van der Waals surface area (Å²) in [6, 6.07) is 0.0772. The van der Waals surface area contributed by atoms with Crippen LogP contribution < -0.4 is 10.6 Å². The molecule has 6 nitrogen and oxygen atoms in total. The van der Waals surface area contributed by atoms with Crippen molar-refractivity contribution in [1.82, 2.24) is 14.9 Å². The quantitative estimate of drug-likeness (QED) is 0.644. The molecule has 0 saturated heterocycles. The zero-order valence-electron chi connectivity index (χ0n) is 15.4. The third-order valence-corrected chi connectivity index (χ3v) is 6.43. The van der Waals surface area contributed by atoms with Crippen LogP contribution in [-0.2, 0) is 10.0 Å². The van der Waals surface area contributed by atoms with Gasteiger partial charge in [-0.15, -0.1) is 0 Å². The number of carbonyl (C=O) groups excluding carboxylic acids is 1. The maximum Gasteiger partial charge on any atom is 0.315 e. The van der Waals surface area contributed by atoms with Crippen molar-refractivity contribution in [3.05, 3.63) is 11.6 Å². The molecule has 0 aromatic rings. The minimum atomic E-state index is -3.26. The van der Waals surface area contributed by atoms with Crippen molar-refractivity contribution in [3.8, 4) is 0 Å². The lowest BCUT2D eigenvalue weighted by atomic mass is 9.96. The van der Waals surface area contributed by atoms with Crippen molar-refractivity contribution in [3.63, 3.8) is 0 Å². The average molecular weight is 372 g/mol. The second-order valence-electron chi connectivity index (χ2n) is 7.26. The topological polar surface area (TPSA) is 78.5 Å². The van der Waals surface area contributed by atoms with Gasteiger partial charge in [-0.25, -0.2) is 17.5 Å². The summed E-state index contributed by atoms with van der Waals surface area (Å²) in [5.74, 6) is 0. The van der Waals surface area contributed by atoms with Crippen LogP contribution in [-0.4, -0.2) is 50.7 Å². The zero-order chi connectivity index (χ0) is 18.1. The zero-order valence-corrected chi connectivity index (χ0v) is 16.2. The molecule has 0 aromatic carbocycles. The highest BCUT2D eigenvalue weighted by Crippen LogP contribution is 2.20. The lowest BCUT2D eigenvalue weighted by molar-refractivity contribution is 0.231. The van der Waals surface area contributed by atoms with Crippen LogP contribution in [0, 0.1) is 0 Å². The Morgan fingerprint density at radius 2 is 1.92 bits per heavy atom. The standard InChI is InChI=1S/C18H33N3O3S/c1-25(23,24)21(14-12-16-8-4-2-5-9-16)15-13-19-18(22)20-17-10-6-3-7-11-17/h8,17H,2-7,9-15H2,1H3,(H2,19,20,22). The number of nitrogens with zero attached hydrogens (tertiary/aromatic N) is 1. The van der Waals surface area contributed by atoms with Gasteiger partial charge in [0.2, 0.25) is 10.0 Å². The average Bonchev–Trinajstić information content (AvgIpc) is 2.58. The Kier molecular flexibility index (Phi) is 8.22. The van der Waals surface area contributed by atoms with Gasteiger partial charge >= 0.3 is 6.03 Å². The molecular weight excluding hydrogens is 338 g/mol. The molecule has 0 bridgehead atoms. The monoisotopic (exact) mass is 371 g/mol. The maximum absolute atomic E-state index is 12.0. The first-order valence-corrected chi connectivity index (χ1v) is 11.5.